The summed E-state index contributed by atoms with van der Waals surface area (Å²) in [6.07, 6.45) is 1.25. The Morgan fingerprint density at radius 3 is 2.07 bits per heavy atom. The fourth-order valence-corrected chi connectivity index (χ4v) is 1.78. The molecule has 1 N–H and O–H groups in total. The Hall–Kier alpha value is -0.0800. The van der Waals surface area contributed by atoms with Gasteiger partial charge in [-0.25, -0.2) is 0 Å². The summed E-state index contributed by atoms with van der Waals surface area (Å²) in [6, 6.07) is 1.32. The van der Waals surface area contributed by atoms with Crippen molar-refractivity contribution in [3.8, 4) is 0 Å². The molecule has 0 rings (SSSR count). The standard InChI is InChI=1S/C13H30N2/c1-7-13(6)15(8-2)10-12(5)9-14-11(3)4/h11-14H,7-10H2,1-6H3. The Bertz CT molecular complexity index is 145. The first-order chi connectivity index (χ1) is 7.01. The molecule has 0 aromatic carbocycles. The predicted molar refractivity (Wildman–Crippen MR) is 69.3 cm³/mol. The van der Waals surface area contributed by atoms with Crippen molar-refractivity contribution in [2.24, 2.45) is 5.92 Å². The maximum absolute atomic E-state index is 3.50. The third kappa shape index (κ3) is 6.91. The lowest BCUT2D eigenvalue weighted by molar-refractivity contribution is 0.184. The van der Waals surface area contributed by atoms with Crippen LogP contribution in [-0.4, -0.2) is 36.6 Å². The largest absolute Gasteiger partial charge is 0.314 e. The molecule has 2 atom stereocenters. The summed E-state index contributed by atoms with van der Waals surface area (Å²) in [4.78, 5) is 2.58. The second-order valence-corrected chi connectivity index (χ2v) is 5.01. The lowest BCUT2D eigenvalue weighted by Crippen LogP contribution is -2.39. The highest BCUT2D eigenvalue weighted by molar-refractivity contribution is 4.69. The van der Waals surface area contributed by atoms with E-state index in [1.165, 1.54) is 19.5 Å². The first-order valence-electron chi connectivity index (χ1n) is 6.48. The number of nitrogens with zero attached hydrogens (tertiary/aromatic N) is 1. The van der Waals surface area contributed by atoms with E-state index in [-0.39, 0.29) is 0 Å². The van der Waals surface area contributed by atoms with Crippen LogP contribution in [0.15, 0.2) is 0 Å². The molecular formula is C13H30N2. The topological polar surface area (TPSA) is 15.3 Å². The van der Waals surface area contributed by atoms with Crippen molar-refractivity contribution in [1.29, 1.82) is 0 Å². The normalized spacial score (nSPS) is 16.0. The molecule has 2 heteroatoms. The average molecular weight is 214 g/mol. The molecule has 0 aromatic heterocycles. The Kier molecular flexibility index (Phi) is 8.07. The zero-order chi connectivity index (χ0) is 11.8. The van der Waals surface area contributed by atoms with Gasteiger partial charge in [-0.1, -0.05) is 34.6 Å². The van der Waals surface area contributed by atoms with Gasteiger partial charge in [-0.2, -0.15) is 0 Å². The summed E-state index contributed by atoms with van der Waals surface area (Å²) in [5.74, 6) is 0.737. The van der Waals surface area contributed by atoms with Gasteiger partial charge in [0.25, 0.3) is 0 Å². The van der Waals surface area contributed by atoms with E-state index >= 15 is 0 Å². The summed E-state index contributed by atoms with van der Waals surface area (Å²) in [5.41, 5.74) is 0. The minimum atomic E-state index is 0.603. The van der Waals surface area contributed by atoms with Gasteiger partial charge in [-0.3, -0.25) is 0 Å². The van der Waals surface area contributed by atoms with Crippen molar-refractivity contribution in [3.05, 3.63) is 0 Å². The highest BCUT2D eigenvalue weighted by Gasteiger charge is 2.13. The highest BCUT2D eigenvalue weighted by atomic mass is 15.1. The molecule has 2 unspecified atom stereocenters. The molecule has 0 aliphatic carbocycles. The second-order valence-electron chi connectivity index (χ2n) is 5.01. The molecule has 0 amide bonds. The summed E-state index contributed by atoms with van der Waals surface area (Å²) >= 11 is 0. The zero-order valence-corrected chi connectivity index (χ0v) is 11.5. The molecule has 0 radical (unpaired) electrons. The molecule has 0 bridgehead atoms. The van der Waals surface area contributed by atoms with E-state index in [4.69, 9.17) is 0 Å². The molecule has 0 aliphatic heterocycles. The van der Waals surface area contributed by atoms with Crippen molar-refractivity contribution in [2.75, 3.05) is 19.6 Å². The average Bonchev–Trinajstić information content (AvgIpc) is 2.21. The molecular weight excluding hydrogens is 184 g/mol. The van der Waals surface area contributed by atoms with Gasteiger partial charge in [0, 0.05) is 18.6 Å². The number of hydrogen-bond donors (Lipinski definition) is 1. The van der Waals surface area contributed by atoms with Crippen LogP contribution >= 0.6 is 0 Å². The highest BCUT2D eigenvalue weighted by Crippen LogP contribution is 2.07. The summed E-state index contributed by atoms with van der Waals surface area (Å²) < 4.78 is 0. The Labute approximate surface area is 96.4 Å². The Morgan fingerprint density at radius 1 is 1.07 bits per heavy atom. The van der Waals surface area contributed by atoms with Crippen LogP contribution < -0.4 is 5.32 Å². The van der Waals surface area contributed by atoms with E-state index in [0.29, 0.717) is 6.04 Å². The third-order valence-corrected chi connectivity index (χ3v) is 3.04. The van der Waals surface area contributed by atoms with Gasteiger partial charge in [0.15, 0.2) is 0 Å². The van der Waals surface area contributed by atoms with E-state index in [2.05, 4.69) is 51.8 Å². The summed E-state index contributed by atoms with van der Waals surface area (Å²) in [7, 11) is 0. The molecule has 2 nitrogen and oxygen atoms in total. The number of hydrogen-bond acceptors (Lipinski definition) is 2. The smallest absolute Gasteiger partial charge is 0.00643 e. The van der Waals surface area contributed by atoms with E-state index in [1.807, 2.05) is 0 Å². The van der Waals surface area contributed by atoms with E-state index < -0.39 is 0 Å². The molecule has 0 saturated carbocycles. The minimum absolute atomic E-state index is 0.603. The molecule has 0 aliphatic rings. The third-order valence-electron chi connectivity index (χ3n) is 3.04. The van der Waals surface area contributed by atoms with Gasteiger partial charge in [-0.15, -0.1) is 0 Å². The van der Waals surface area contributed by atoms with Gasteiger partial charge < -0.3 is 10.2 Å². The van der Waals surface area contributed by atoms with Crippen molar-refractivity contribution in [2.45, 2.75) is 60.0 Å². The van der Waals surface area contributed by atoms with Crippen LogP contribution in [0.5, 0.6) is 0 Å². The van der Waals surface area contributed by atoms with Crippen LogP contribution in [0.2, 0.25) is 0 Å². The van der Waals surface area contributed by atoms with Crippen LogP contribution in [0.25, 0.3) is 0 Å². The quantitative estimate of drug-likeness (QED) is 0.668. The van der Waals surface area contributed by atoms with Gasteiger partial charge >= 0.3 is 0 Å². The SMILES string of the molecule is CCC(C)N(CC)CC(C)CNC(C)C. The van der Waals surface area contributed by atoms with E-state index in [1.54, 1.807) is 0 Å². The van der Waals surface area contributed by atoms with Crippen LogP contribution in [0.3, 0.4) is 0 Å². The predicted octanol–water partition coefficient (Wildman–Crippen LogP) is 2.74. The minimum Gasteiger partial charge on any atom is -0.314 e. The summed E-state index contributed by atoms with van der Waals surface area (Å²) in [6.45, 7) is 17.1. The van der Waals surface area contributed by atoms with E-state index in [9.17, 15) is 0 Å². The number of nitrogens with one attached hydrogen (secondary N) is 1. The Morgan fingerprint density at radius 2 is 1.67 bits per heavy atom. The van der Waals surface area contributed by atoms with Gasteiger partial charge in [0.1, 0.15) is 0 Å². The van der Waals surface area contributed by atoms with Gasteiger partial charge in [-0.05, 0) is 32.4 Å². The van der Waals surface area contributed by atoms with Crippen LogP contribution in [-0.2, 0) is 0 Å². The fraction of sp³-hybridized carbons (Fsp3) is 1.00. The van der Waals surface area contributed by atoms with Crippen LogP contribution in [0.4, 0.5) is 0 Å². The first kappa shape index (κ1) is 14.9. The summed E-state index contributed by atoms with van der Waals surface area (Å²) in [5, 5.41) is 3.50. The van der Waals surface area contributed by atoms with E-state index in [0.717, 1.165) is 18.5 Å². The fourth-order valence-electron chi connectivity index (χ4n) is 1.78. The first-order valence-corrected chi connectivity index (χ1v) is 6.48. The van der Waals surface area contributed by atoms with Crippen molar-refractivity contribution in [3.63, 3.8) is 0 Å². The van der Waals surface area contributed by atoms with Crippen LogP contribution in [0, 0.1) is 5.92 Å². The number of rotatable bonds is 8. The molecule has 0 saturated heterocycles. The molecule has 0 fully saturated rings. The molecule has 0 spiro atoms. The lowest BCUT2D eigenvalue weighted by Gasteiger charge is -2.30. The molecule has 0 heterocycles. The van der Waals surface area contributed by atoms with Crippen molar-refractivity contribution in [1.82, 2.24) is 10.2 Å². The van der Waals surface area contributed by atoms with Crippen LogP contribution in [0.1, 0.15) is 48.0 Å². The zero-order valence-electron chi connectivity index (χ0n) is 11.5. The monoisotopic (exact) mass is 214 g/mol. The van der Waals surface area contributed by atoms with Crippen molar-refractivity contribution >= 4 is 0 Å². The van der Waals surface area contributed by atoms with Gasteiger partial charge in [0.2, 0.25) is 0 Å². The lowest BCUT2D eigenvalue weighted by atomic mass is 10.1. The molecule has 92 valence electrons. The maximum atomic E-state index is 3.50. The molecule has 15 heavy (non-hydrogen) atoms. The van der Waals surface area contributed by atoms with Crippen molar-refractivity contribution < 1.29 is 0 Å². The molecule has 0 aromatic rings. The van der Waals surface area contributed by atoms with Gasteiger partial charge in [0.05, 0.1) is 0 Å². The second kappa shape index (κ2) is 8.12. The maximum Gasteiger partial charge on any atom is 0.00643 e. The Balaban J connectivity index is 3.85.